The Balaban J connectivity index is 0.903. The molecule has 0 N–H and O–H groups in total. The third-order valence-corrected chi connectivity index (χ3v) is 24.7. The second-order valence-electron chi connectivity index (χ2n) is 18.6. The Labute approximate surface area is 415 Å². The van der Waals surface area contributed by atoms with Crippen LogP contribution in [0.2, 0.25) is 0 Å². The quantitative estimate of drug-likeness (QED) is 0.149. The molecule has 0 fully saturated rings. The molecule has 0 atom stereocenters. The normalized spacial score (nSPS) is 14.1. The summed E-state index contributed by atoms with van der Waals surface area (Å²) in [4.78, 5) is 10.4. The zero-order chi connectivity index (χ0) is 46.9. The van der Waals surface area contributed by atoms with Crippen molar-refractivity contribution in [3.63, 3.8) is 0 Å². The number of nitrogens with zero attached hydrogens (tertiary/aromatic N) is 3. The van der Waals surface area contributed by atoms with E-state index in [0.29, 0.717) is 0 Å². The Morgan fingerprint density at radius 3 is 1.14 bits per heavy atom. The Kier molecular flexibility index (Phi) is 9.52. The average molecular weight is 940 g/mol. The largest absolute Gasteiger partial charge is 0.456 e. The van der Waals surface area contributed by atoms with Crippen molar-refractivity contribution in [2.75, 3.05) is 9.80 Å². The van der Waals surface area contributed by atoms with Crippen LogP contribution in [0.15, 0.2) is 277 Å². The van der Waals surface area contributed by atoms with Gasteiger partial charge in [-0.05, 0) is 114 Å². The second kappa shape index (κ2) is 16.4. The predicted octanol–water partition coefficient (Wildman–Crippen LogP) is 11.0. The lowest BCUT2D eigenvalue weighted by molar-refractivity contribution is 0.669. The van der Waals surface area contributed by atoms with Gasteiger partial charge in [-0.2, -0.15) is 0 Å². The monoisotopic (exact) mass is 939 g/mol. The number of hydrogen-bond acceptors (Lipinski definition) is 4. The zero-order valence-corrected chi connectivity index (χ0v) is 40.7. The van der Waals surface area contributed by atoms with Crippen molar-refractivity contribution in [3.05, 3.63) is 273 Å². The average Bonchev–Trinajstić information content (AvgIpc) is 3.82. The van der Waals surface area contributed by atoms with E-state index in [4.69, 9.17) is 9.40 Å². The number of para-hydroxylation sites is 4. The molecule has 334 valence electrons. The van der Waals surface area contributed by atoms with Gasteiger partial charge in [-0.3, -0.25) is 4.90 Å². The van der Waals surface area contributed by atoms with Crippen LogP contribution >= 0.6 is 0 Å². The summed E-state index contributed by atoms with van der Waals surface area (Å²) in [7, 11) is -5.50. The van der Waals surface area contributed by atoms with Gasteiger partial charge >= 0.3 is 0 Å². The smallest absolute Gasteiger partial charge is 0.184 e. The van der Waals surface area contributed by atoms with Gasteiger partial charge in [0, 0.05) is 44.8 Å². The van der Waals surface area contributed by atoms with Gasteiger partial charge in [0.25, 0.3) is 0 Å². The molecule has 0 spiro atoms. The molecule has 0 radical (unpaired) electrons. The molecule has 6 heteroatoms. The maximum atomic E-state index is 6.63. The van der Waals surface area contributed by atoms with Crippen LogP contribution in [-0.4, -0.2) is 21.1 Å². The lowest BCUT2D eigenvalue weighted by Gasteiger charge is -2.45. The Morgan fingerprint density at radius 1 is 0.310 bits per heavy atom. The van der Waals surface area contributed by atoms with Gasteiger partial charge in [0.1, 0.15) is 17.0 Å². The van der Waals surface area contributed by atoms with Crippen LogP contribution in [0, 0.1) is 0 Å². The Morgan fingerprint density at radius 2 is 0.690 bits per heavy atom. The molecule has 0 amide bonds. The van der Waals surface area contributed by atoms with Crippen LogP contribution in [-0.2, 0) is 0 Å². The fourth-order valence-electron chi connectivity index (χ4n) is 12.1. The molecule has 0 saturated carbocycles. The number of benzene rings is 10. The number of fused-ring (bicyclic) bond motifs is 7. The summed E-state index contributed by atoms with van der Waals surface area (Å²) in [6.07, 6.45) is 0. The van der Waals surface area contributed by atoms with E-state index in [0.717, 1.165) is 56.1 Å². The van der Waals surface area contributed by atoms with E-state index in [-0.39, 0.29) is 0 Å². The first kappa shape index (κ1) is 41.2. The lowest BCUT2D eigenvalue weighted by atomic mass is 10.1. The topological polar surface area (TPSA) is 32.5 Å². The number of anilines is 6. The molecule has 4 heterocycles. The van der Waals surface area contributed by atoms with Gasteiger partial charge in [-0.1, -0.05) is 200 Å². The molecule has 0 aliphatic carbocycles. The summed E-state index contributed by atoms with van der Waals surface area (Å²) in [5, 5.41) is 13.0. The van der Waals surface area contributed by atoms with E-state index in [1.54, 1.807) is 0 Å². The SMILES string of the molecule is c1ccc([Si]2(c3ccccc3)c3ccccc3N(c3ccc4oc5ccc(-c6cccc(N7c8ccccc8[Si](c8ccccc8)(c8ccccc8)c8ccccc87)n6)cc5c4c3)c3ccccc32)cc1. The van der Waals surface area contributed by atoms with Crippen molar-refractivity contribution in [2.24, 2.45) is 0 Å². The number of hydrogen-bond donors (Lipinski definition) is 0. The van der Waals surface area contributed by atoms with E-state index in [1.807, 2.05) is 0 Å². The van der Waals surface area contributed by atoms with Crippen LogP contribution in [0.1, 0.15) is 0 Å². The van der Waals surface area contributed by atoms with Crippen LogP contribution < -0.4 is 51.3 Å². The van der Waals surface area contributed by atoms with E-state index < -0.39 is 16.1 Å². The van der Waals surface area contributed by atoms with Crippen LogP contribution in [0.3, 0.4) is 0 Å². The van der Waals surface area contributed by atoms with Gasteiger partial charge in [0.05, 0.1) is 5.69 Å². The van der Waals surface area contributed by atoms with Crippen molar-refractivity contribution in [1.82, 2.24) is 4.98 Å². The summed E-state index contributed by atoms with van der Waals surface area (Å²) in [6, 6.07) is 100. The maximum absolute atomic E-state index is 6.63. The molecule has 0 bridgehead atoms. The van der Waals surface area contributed by atoms with Gasteiger partial charge in [-0.25, -0.2) is 4.98 Å². The molecule has 2 aromatic heterocycles. The minimum atomic E-state index is -2.75. The van der Waals surface area contributed by atoms with Crippen LogP contribution in [0.25, 0.3) is 33.2 Å². The zero-order valence-electron chi connectivity index (χ0n) is 38.7. The first-order valence-corrected chi connectivity index (χ1v) is 28.4. The van der Waals surface area contributed by atoms with Crippen molar-refractivity contribution in [3.8, 4) is 11.3 Å². The summed E-state index contributed by atoms with van der Waals surface area (Å²) < 4.78 is 6.63. The van der Waals surface area contributed by atoms with Crippen LogP contribution in [0.4, 0.5) is 34.3 Å². The molecule has 2 aliphatic rings. The van der Waals surface area contributed by atoms with Gasteiger partial charge in [-0.15, -0.1) is 0 Å². The fraction of sp³-hybridized carbons (Fsp3) is 0. The van der Waals surface area contributed by atoms with Gasteiger partial charge in [0.15, 0.2) is 16.1 Å². The predicted molar refractivity (Wildman–Crippen MR) is 301 cm³/mol. The molecular formula is C65H45N3OSi2. The number of pyridine rings is 1. The van der Waals surface area contributed by atoms with Crippen molar-refractivity contribution in [2.45, 2.75) is 0 Å². The lowest BCUT2D eigenvalue weighted by Crippen LogP contribution is -2.77. The van der Waals surface area contributed by atoms with Gasteiger partial charge in [0.2, 0.25) is 0 Å². The minimum Gasteiger partial charge on any atom is -0.456 e. The van der Waals surface area contributed by atoms with E-state index >= 15 is 0 Å². The Bertz CT molecular complexity index is 3790. The summed E-state index contributed by atoms with van der Waals surface area (Å²) in [5.41, 5.74) is 9.43. The third kappa shape index (κ3) is 6.12. The summed E-state index contributed by atoms with van der Waals surface area (Å²) >= 11 is 0. The first-order chi connectivity index (χ1) is 35.2. The molecule has 14 rings (SSSR count). The second-order valence-corrected chi connectivity index (χ2v) is 26.0. The van der Waals surface area contributed by atoms with E-state index in [9.17, 15) is 0 Å². The Hall–Kier alpha value is -8.82. The van der Waals surface area contributed by atoms with Crippen LogP contribution in [0.5, 0.6) is 0 Å². The molecule has 10 aromatic carbocycles. The van der Waals surface area contributed by atoms with Crippen molar-refractivity contribution < 1.29 is 4.42 Å². The van der Waals surface area contributed by atoms with E-state index in [1.165, 1.54) is 52.9 Å². The van der Waals surface area contributed by atoms with Gasteiger partial charge < -0.3 is 9.32 Å². The number of rotatable bonds is 7. The number of furan rings is 1. The molecule has 71 heavy (non-hydrogen) atoms. The highest BCUT2D eigenvalue weighted by molar-refractivity contribution is 7.22. The maximum Gasteiger partial charge on any atom is 0.184 e. The van der Waals surface area contributed by atoms with E-state index in [2.05, 4.69) is 283 Å². The minimum absolute atomic E-state index is 0.845. The van der Waals surface area contributed by atoms with Crippen molar-refractivity contribution in [1.29, 1.82) is 0 Å². The van der Waals surface area contributed by atoms with Crippen molar-refractivity contribution >= 4 is 114 Å². The molecule has 12 aromatic rings. The molecular weight excluding hydrogens is 895 g/mol. The third-order valence-electron chi connectivity index (χ3n) is 15.0. The first-order valence-electron chi connectivity index (χ1n) is 24.4. The summed E-state index contributed by atoms with van der Waals surface area (Å²) in [6.45, 7) is 0. The summed E-state index contributed by atoms with van der Waals surface area (Å²) in [5.74, 6) is 0.874. The molecule has 2 aliphatic heterocycles. The highest BCUT2D eigenvalue weighted by Crippen LogP contribution is 2.43. The highest BCUT2D eigenvalue weighted by Gasteiger charge is 2.50. The fourth-order valence-corrected chi connectivity index (χ4v) is 22.3. The highest BCUT2D eigenvalue weighted by atomic mass is 28.3. The molecule has 4 nitrogen and oxygen atoms in total. The number of aromatic nitrogens is 1. The molecule has 0 unspecified atom stereocenters. The molecule has 0 saturated heterocycles. The standard InChI is InChI=1S/C65H45N3OSi2/c1-5-22-48(23-6-1)70(49-24-7-2-8-25-49)61-35-17-13-31-55(61)67(56-32-14-18-36-62(56)70)47-41-43-60-53(45-47)52-44-46(40-42-59(52)69-60)54-30-21-39-65(66-54)68-57-33-15-19-37-63(57)71(50-26-9-3-10-27-50,51-28-11-4-12-29-51)64-38-20-16-34-58(64)68/h1-45H.